The van der Waals surface area contributed by atoms with Crippen molar-refractivity contribution in [3.05, 3.63) is 11.4 Å². The third kappa shape index (κ3) is 4.25. The van der Waals surface area contributed by atoms with Crippen LogP contribution in [0.5, 0.6) is 0 Å². The average molecular weight is 269 g/mol. The van der Waals surface area contributed by atoms with E-state index >= 15 is 0 Å². The number of amides is 2. The minimum Gasteiger partial charge on any atom is -0.395 e. The molecule has 6 N–H and O–H groups in total. The van der Waals surface area contributed by atoms with Crippen LogP contribution in [0, 0.1) is 0 Å². The van der Waals surface area contributed by atoms with Crippen molar-refractivity contribution in [2.45, 2.75) is 19.8 Å². The van der Waals surface area contributed by atoms with E-state index in [1.165, 1.54) is 0 Å². The molecule has 0 spiro atoms. The predicted molar refractivity (Wildman–Crippen MR) is 69.4 cm³/mol. The van der Waals surface area contributed by atoms with Gasteiger partial charge in [-0.15, -0.1) is 0 Å². The van der Waals surface area contributed by atoms with Crippen LogP contribution in [0.1, 0.15) is 35.9 Å². The number of anilines is 1. The van der Waals surface area contributed by atoms with Crippen molar-refractivity contribution >= 4 is 17.5 Å². The fourth-order valence-corrected chi connectivity index (χ4v) is 1.47. The summed E-state index contributed by atoms with van der Waals surface area (Å²) >= 11 is 0. The highest BCUT2D eigenvalue weighted by Crippen LogP contribution is 2.21. The Labute approximate surface area is 110 Å². The minimum atomic E-state index is -0.551. The zero-order chi connectivity index (χ0) is 14.4. The van der Waals surface area contributed by atoms with Crippen LogP contribution in [-0.4, -0.2) is 41.8 Å². The lowest BCUT2D eigenvalue weighted by molar-refractivity contribution is -0.122. The molecule has 0 unspecified atom stereocenters. The van der Waals surface area contributed by atoms with Gasteiger partial charge in [-0.3, -0.25) is 14.7 Å². The predicted octanol–water partition coefficient (Wildman–Crippen LogP) is -0.653. The molecule has 106 valence electrons. The molecule has 0 aliphatic heterocycles. The fraction of sp³-hybridized carbons (Fsp3) is 0.545. The van der Waals surface area contributed by atoms with Crippen LogP contribution in [0.3, 0.4) is 0 Å². The lowest BCUT2D eigenvalue weighted by Crippen LogP contribution is -2.29. The van der Waals surface area contributed by atoms with Crippen LogP contribution >= 0.6 is 0 Å². The van der Waals surface area contributed by atoms with E-state index in [0.717, 1.165) is 5.69 Å². The number of nitrogens with two attached hydrogens (primary N) is 2. The number of aromatic amines is 1. The van der Waals surface area contributed by atoms with Gasteiger partial charge in [0, 0.05) is 6.54 Å². The SMILES string of the molecule is CC(C)c1[nH]nc(C(=O)NCCOCC(N)=O)c1N. The molecule has 0 aliphatic carbocycles. The Morgan fingerprint density at radius 3 is 2.68 bits per heavy atom. The Balaban J connectivity index is 2.44. The number of H-pyrrole nitrogens is 1. The number of carbonyl (C=O) groups excluding carboxylic acids is 2. The van der Waals surface area contributed by atoms with Crippen LogP contribution in [0.25, 0.3) is 0 Å². The minimum absolute atomic E-state index is 0.160. The second kappa shape index (κ2) is 6.74. The first-order chi connectivity index (χ1) is 8.93. The standard InChI is InChI=1S/C11H19N5O3/c1-6(2)9-8(13)10(16-15-9)11(18)14-3-4-19-5-7(12)17/h6H,3-5,13H2,1-2H3,(H2,12,17)(H,14,18)(H,15,16). The van der Waals surface area contributed by atoms with Crippen molar-refractivity contribution in [2.24, 2.45) is 5.73 Å². The maximum absolute atomic E-state index is 11.8. The molecule has 8 nitrogen and oxygen atoms in total. The van der Waals surface area contributed by atoms with Crippen LogP contribution in [0.4, 0.5) is 5.69 Å². The Hall–Kier alpha value is -2.09. The van der Waals surface area contributed by atoms with Crippen molar-refractivity contribution in [1.29, 1.82) is 0 Å². The Morgan fingerprint density at radius 2 is 2.16 bits per heavy atom. The monoisotopic (exact) mass is 269 g/mol. The second-order valence-electron chi connectivity index (χ2n) is 4.33. The summed E-state index contributed by atoms with van der Waals surface area (Å²) in [5, 5.41) is 9.22. The normalized spacial score (nSPS) is 10.7. The second-order valence-corrected chi connectivity index (χ2v) is 4.33. The number of rotatable bonds is 7. The molecule has 1 aromatic rings. The van der Waals surface area contributed by atoms with Gasteiger partial charge in [-0.05, 0) is 5.92 Å². The van der Waals surface area contributed by atoms with Gasteiger partial charge < -0.3 is 21.5 Å². The van der Waals surface area contributed by atoms with Gasteiger partial charge in [0.15, 0.2) is 5.69 Å². The van der Waals surface area contributed by atoms with Crippen molar-refractivity contribution in [3.8, 4) is 0 Å². The number of ether oxygens (including phenoxy) is 1. The summed E-state index contributed by atoms with van der Waals surface area (Å²) in [6.07, 6.45) is 0. The number of hydrogen-bond donors (Lipinski definition) is 4. The van der Waals surface area contributed by atoms with Gasteiger partial charge in [-0.1, -0.05) is 13.8 Å². The molecular weight excluding hydrogens is 250 g/mol. The summed E-state index contributed by atoms with van der Waals surface area (Å²) in [5.41, 5.74) is 12.0. The molecular formula is C11H19N5O3. The largest absolute Gasteiger partial charge is 0.395 e. The van der Waals surface area contributed by atoms with Gasteiger partial charge >= 0.3 is 0 Å². The molecule has 8 heteroatoms. The fourth-order valence-electron chi connectivity index (χ4n) is 1.47. The van der Waals surface area contributed by atoms with Crippen LogP contribution in [-0.2, 0) is 9.53 Å². The molecule has 2 amide bonds. The average Bonchev–Trinajstić information content (AvgIpc) is 2.70. The van der Waals surface area contributed by atoms with Crippen molar-refractivity contribution in [2.75, 3.05) is 25.5 Å². The van der Waals surface area contributed by atoms with E-state index in [0.29, 0.717) is 5.69 Å². The zero-order valence-corrected chi connectivity index (χ0v) is 11.0. The van der Waals surface area contributed by atoms with E-state index in [1.807, 2.05) is 13.8 Å². The van der Waals surface area contributed by atoms with Gasteiger partial charge in [0.1, 0.15) is 6.61 Å². The molecule has 0 atom stereocenters. The highest BCUT2D eigenvalue weighted by atomic mass is 16.5. The Morgan fingerprint density at radius 1 is 1.47 bits per heavy atom. The van der Waals surface area contributed by atoms with Crippen LogP contribution in [0.2, 0.25) is 0 Å². The van der Waals surface area contributed by atoms with E-state index in [2.05, 4.69) is 15.5 Å². The lowest BCUT2D eigenvalue weighted by atomic mass is 10.1. The molecule has 0 bridgehead atoms. The molecule has 1 aromatic heterocycles. The molecule has 1 rings (SSSR count). The van der Waals surface area contributed by atoms with Gasteiger partial charge in [-0.2, -0.15) is 5.10 Å². The molecule has 0 radical (unpaired) electrons. The highest BCUT2D eigenvalue weighted by molar-refractivity contribution is 5.97. The van der Waals surface area contributed by atoms with E-state index in [1.54, 1.807) is 0 Å². The smallest absolute Gasteiger partial charge is 0.274 e. The maximum atomic E-state index is 11.8. The molecule has 0 fully saturated rings. The van der Waals surface area contributed by atoms with Gasteiger partial charge in [0.25, 0.3) is 5.91 Å². The van der Waals surface area contributed by atoms with Crippen LogP contribution < -0.4 is 16.8 Å². The Bertz CT molecular complexity index is 455. The summed E-state index contributed by atoms with van der Waals surface area (Å²) in [7, 11) is 0. The van der Waals surface area contributed by atoms with Crippen molar-refractivity contribution in [3.63, 3.8) is 0 Å². The van der Waals surface area contributed by atoms with Crippen molar-refractivity contribution in [1.82, 2.24) is 15.5 Å². The number of nitrogens with one attached hydrogen (secondary N) is 2. The van der Waals surface area contributed by atoms with E-state index in [9.17, 15) is 9.59 Å². The first kappa shape index (κ1) is 15.0. The summed E-state index contributed by atoms with van der Waals surface area (Å²) in [4.78, 5) is 22.2. The summed E-state index contributed by atoms with van der Waals surface area (Å²) in [5.74, 6) is -0.777. The Kier molecular flexibility index (Phi) is 5.31. The van der Waals surface area contributed by atoms with E-state index < -0.39 is 5.91 Å². The topological polar surface area (TPSA) is 136 Å². The molecule has 0 aliphatic rings. The lowest BCUT2D eigenvalue weighted by Gasteiger charge is -2.05. The number of nitrogens with zero attached hydrogens (tertiary/aromatic N) is 1. The first-order valence-electron chi connectivity index (χ1n) is 5.91. The number of carbonyl (C=O) groups is 2. The molecule has 0 aromatic carbocycles. The van der Waals surface area contributed by atoms with Crippen molar-refractivity contribution < 1.29 is 14.3 Å². The summed E-state index contributed by atoms with van der Waals surface area (Å²) in [6.45, 7) is 4.16. The number of nitrogen functional groups attached to an aromatic ring is 1. The molecule has 1 heterocycles. The van der Waals surface area contributed by atoms with Gasteiger partial charge in [-0.25, -0.2) is 0 Å². The molecule has 0 saturated carbocycles. The van der Waals surface area contributed by atoms with Crippen LogP contribution in [0.15, 0.2) is 0 Å². The van der Waals surface area contributed by atoms with Gasteiger partial charge in [0.2, 0.25) is 5.91 Å². The quantitative estimate of drug-likeness (QED) is 0.487. The zero-order valence-electron chi connectivity index (χ0n) is 11.0. The number of aromatic nitrogens is 2. The summed E-state index contributed by atoms with van der Waals surface area (Å²) in [6, 6.07) is 0. The third-order valence-corrected chi connectivity index (χ3v) is 2.40. The van der Waals surface area contributed by atoms with E-state index in [-0.39, 0.29) is 37.3 Å². The number of hydrogen-bond acceptors (Lipinski definition) is 5. The maximum Gasteiger partial charge on any atom is 0.274 e. The summed E-state index contributed by atoms with van der Waals surface area (Å²) < 4.78 is 4.91. The molecule has 19 heavy (non-hydrogen) atoms. The molecule has 0 saturated heterocycles. The van der Waals surface area contributed by atoms with E-state index in [4.69, 9.17) is 16.2 Å². The number of primary amides is 1. The third-order valence-electron chi connectivity index (χ3n) is 2.40. The van der Waals surface area contributed by atoms with Gasteiger partial charge in [0.05, 0.1) is 18.0 Å². The first-order valence-corrected chi connectivity index (χ1v) is 5.91. The highest BCUT2D eigenvalue weighted by Gasteiger charge is 2.18.